The Bertz CT molecular complexity index is 1580. The predicted octanol–water partition coefficient (Wildman–Crippen LogP) is 4.80. The van der Waals surface area contributed by atoms with Crippen LogP contribution in [0.3, 0.4) is 0 Å². The van der Waals surface area contributed by atoms with E-state index in [0.717, 1.165) is 37.2 Å². The standard InChI is InChI=1S/C35H43F6N7O4/c36-34(37,38)26-19-22(20-27(30(26)42)35(39,40)41)21-29(31(49)46-17-15-45(16-18-46)24-5-10-43-11-6-24)52-33(51)47-12-8-25(9-13-47)48-14-7-23-3-1-2-4-28(23)44-32(48)50/h1-4,19-20,24-25,29,43H,5-18,21,42H2,(H,44,50). The zero-order valence-corrected chi connectivity index (χ0v) is 28.6. The first-order valence-corrected chi connectivity index (χ1v) is 17.6. The lowest BCUT2D eigenvalue weighted by molar-refractivity contribution is -0.143. The molecule has 3 saturated heterocycles. The number of carbonyl (C=O) groups is 3. The van der Waals surface area contributed by atoms with Crippen LogP contribution in [0.25, 0.3) is 0 Å². The summed E-state index contributed by atoms with van der Waals surface area (Å²) in [4.78, 5) is 47.3. The summed E-state index contributed by atoms with van der Waals surface area (Å²) >= 11 is 0. The van der Waals surface area contributed by atoms with Crippen molar-refractivity contribution in [3.63, 3.8) is 0 Å². The number of anilines is 2. The Kier molecular flexibility index (Phi) is 11.1. The van der Waals surface area contributed by atoms with Crippen LogP contribution < -0.4 is 16.4 Å². The molecule has 52 heavy (non-hydrogen) atoms. The third-order valence-electron chi connectivity index (χ3n) is 10.5. The Morgan fingerprint density at radius 3 is 2.06 bits per heavy atom. The first kappa shape index (κ1) is 37.5. The van der Waals surface area contributed by atoms with Crippen LogP contribution in [-0.4, -0.2) is 115 Å². The molecule has 1 atom stereocenters. The van der Waals surface area contributed by atoms with Gasteiger partial charge in [-0.1, -0.05) is 18.2 Å². The molecule has 4 heterocycles. The van der Waals surface area contributed by atoms with Crippen LogP contribution in [0.5, 0.6) is 0 Å². The van der Waals surface area contributed by atoms with Crippen molar-refractivity contribution in [2.24, 2.45) is 0 Å². The number of likely N-dealkylation sites (tertiary alicyclic amines) is 1. The summed E-state index contributed by atoms with van der Waals surface area (Å²) in [5, 5.41) is 6.24. The number of amides is 4. The van der Waals surface area contributed by atoms with Crippen molar-refractivity contribution < 1.29 is 45.5 Å². The number of alkyl halides is 6. The topological polar surface area (TPSA) is 123 Å². The van der Waals surface area contributed by atoms with Crippen molar-refractivity contribution in [1.29, 1.82) is 0 Å². The second-order valence-electron chi connectivity index (χ2n) is 13.8. The lowest BCUT2D eigenvalue weighted by atomic mass is 9.97. The maximum absolute atomic E-state index is 13.9. The van der Waals surface area contributed by atoms with E-state index in [9.17, 15) is 40.7 Å². The average Bonchev–Trinajstić information content (AvgIpc) is 3.29. The second kappa shape index (κ2) is 15.4. The summed E-state index contributed by atoms with van der Waals surface area (Å²) in [6, 6.07) is 8.36. The monoisotopic (exact) mass is 739 g/mol. The fourth-order valence-electron chi connectivity index (χ4n) is 7.67. The van der Waals surface area contributed by atoms with Crippen LogP contribution in [0.4, 0.5) is 47.3 Å². The quantitative estimate of drug-likeness (QED) is 0.288. The molecular weight excluding hydrogens is 696 g/mol. The summed E-state index contributed by atoms with van der Waals surface area (Å²) in [5.41, 5.74) is 1.75. The molecule has 11 nitrogen and oxygen atoms in total. The van der Waals surface area contributed by atoms with E-state index >= 15 is 0 Å². The number of fused-ring (bicyclic) bond motifs is 1. The highest BCUT2D eigenvalue weighted by molar-refractivity contribution is 5.91. The second-order valence-corrected chi connectivity index (χ2v) is 13.8. The molecule has 4 aliphatic heterocycles. The number of ether oxygens (including phenoxy) is 1. The number of nitrogens with zero attached hydrogens (tertiary/aromatic N) is 4. The Hall–Kier alpha value is -4.25. The number of rotatable bonds is 6. The Morgan fingerprint density at radius 1 is 0.827 bits per heavy atom. The minimum Gasteiger partial charge on any atom is -0.436 e. The zero-order chi connectivity index (χ0) is 37.2. The summed E-state index contributed by atoms with van der Waals surface area (Å²) in [6.07, 6.45) is -10.4. The number of halogens is 6. The highest BCUT2D eigenvalue weighted by Gasteiger charge is 2.42. The number of para-hydroxylation sites is 1. The van der Waals surface area contributed by atoms with Crippen molar-refractivity contribution in [2.75, 3.05) is 70.0 Å². The Balaban J connectivity index is 1.17. The molecule has 4 N–H and O–H groups in total. The van der Waals surface area contributed by atoms with Gasteiger partial charge in [0, 0.05) is 70.0 Å². The van der Waals surface area contributed by atoms with E-state index in [1.165, 1.54) is 9.80 Å². The SMILES string of the molecule is Nc1c(C(F)(F)F)cc(CC(OC(=O)N2CCC(N3CCc4ccccc4NC3=O)CC2)C(=O)N2CCN(C3CCNCC3)CC2)cc1C(F)(F)F. The van der Waals surface area contributed by atoms with Crippen molar-refractivity contribution >= 4 is 29.4 Å². The van der Waals surface area contributed by atoms with E-state index in [0.29, 0.717) is 57.1 Å². The molecule has 6 rings (SSSR count). The summed E-state index contributed by atoms with van der Waals surface area (Å²) in [5.74, 6) is -0.701. The van der Waals surface area contributed by atoms with Crippen molar-refractivity contribution in [2.45, 2.75) is 69.1 Å². The first-order valence-electron chi connectivity index (χ1n) is 17.6. The van der Waals surface area contributed by atoms with Crippen LogP contribution in [0.1, 0.15) is 47.9 Å². The molecule has 17 heteroatoms. The van der Waals surface area contributed by atoms with E-state index in [1.807, 2.05) is 24.3 Å². The van der Waals surface area contributed by atoms with Crippen LogP contribution in [0.15, 0.2) is 36.4 Å². The van der Waals surface area contributed by atoms with Gasteiger partial charge in [-0.2, -0.15) is 26.3 Å². The van der Waals surface area contributed by atoms with Gasteiger partial charge in [0.1, 0.15) is 0 Å². The maximum Gasteiger partial charge on any atom is 0.418 e. The Morgan fingerprint density at radius 2 is 1.44 bits per heavy atom. The van der Waals surface area contributed by atoms with E-state index < -0.39 is 59.3 Å². The number of nitrogens with two attached hydrogens (primary N) is 1. The molecule has 2 aromatic rings. The number of urea groups is 1. The molecule has 0 bridgehead atoms. The minimum atomic E-state index is -5.21. The summed E-state index contributed by atoms with van der Waals surface area (Å²) in [6.45, 7) is 4.11. The van der Waals surface area contributed by atoms with Gasteiger partial charge in [-0.15, -0.1) is 0 Å². The minimum absolute atomic E-state index is 0.161. The first-order chi connectivity index (χ1) is 24.7. The van der Waals surface area contributed by atoms with Gasteiger partial charge in [0.05, 0.1) is 16.8 Å². The van der Waals surface area contributed by atoms with Crippen LogP contribution in [0.2, 0.25) is 0 Å². The molecule has 4 aliphatic rings. The molecule has 1 unspecified atom stereocenters. The van der Waals surface area contributed by atoms with Gasteiger partial charge in [-0.05, 0) is 74.5 Å². The average molecular weight is 740 g/mol. The molecule has 0 aliphatic carbocycles. The van der Waals surface area contributed by atoms with E-state index in [2.05, 4.69) is 15.5 Å². The molecule has 0 aromatic heterocycles. The van der Waals surface area contributed by atoms with E-state index in [-0.39, 0.29) is 38.3 Å². The van der Waals surface area contributed by atoms with Crippen LogP contribution in [0, 0.1) is 0 Å². The molecular formula is C35H43F6N7O4. The van der Waals surface area contributed by atoms with Crippen LogP contribution >= 0.6 is 0 Å². The van der Waals surface area contributed by atoms with Crippen molar-refractivity contribution in [3.05, 3.63) is 58.7 Å². The summed E-state index contributed by atoms with van der Waals surface area (Å²) < 4.78 is 88.8. The maximum atomic E-state index is 13.9. The molecule has 3 fully saturated rings. The highest BCUT2D eigenvalue weighted by Crippen LogP contribution is 2.42. The van der Waals surface area contributed by atoms with E-state index in [4.69, 9.17) is 10.5 Å². The third-order valence-corrected chi connectivity index (χ3v) is 10.5. The van der Waals surface area contributed by atoms with Crippen molar-refractivity contribution in [3.8, 4) is 0 Å². The molecule has 2 aromatic carbocycles. The molecule has 0 saturated carbocycles. The van der Waals surface area contributed by atoms with Gasteiger partial charge in [0.25, 0.3) is 5.91 Å². The number of piperazine rings is 1. The lowest BCUT2D eigenvalue weighted by Crippen LogP contribution is -2.56. The molecule has 4 amide bonds. The molecule has 0 radical (unpaired) electrons. The summed E-state index contributed by atoms with van der Waals surface area (Å²) in [7, 11) is 0. The smallest absolute Gasteiger partial charge is 0.418 e. The predicted molar refractivity (Wildman–Crippen MR) is 179 cm³/mol. The fraction of sp³-hybridized carbons (Fsp3) is 0.571. The number of nitrogen functional groups attached to an aromatic ring is 1. The lowest BCUT2D eigenvalue weighted by Gasteiger charge is -2.41. The largest absolute Gasteiger partial charge is 0.436 e. The zero-order valence-electron chi connectivity index (χ0n) is 28.6. The number of hydrogen-bond donors (Lipinski definition) is 3. The molecule has 0 spiro atoms. The Labute approximate surface area is 297 Å². The van der Waals surface area contributed by atoms with Gasteiger partial charge in [-0.25, -0.2) is 9.59 Å². The van der Waals surface area contributed by atoms with Gasteiger partial charge in [0.15, 0.2) is 6.10 Å². The van der Waals surface area contributed by atoms with E-state index in [1.54, 1.807) is 4.90 Å². The third kappa shape index (κ3) is 8.51. The fourth-order valence-corrected chi connectivity index (χ4v) is 7.67. The number of nitrogens with one attached hydrogen (secondary N) is 2. The van der Waals surface area contributed by atoms with Crippen LogP contribution in [-0.2, 0) is 34.7 Å². The number of carbonyl (C=O) groups excluding carboxylic acids is 3. The van der Waals surface area contributed by atoms with Gasteiger partial charge in [0.2, 0.25) is 0 Å². The molecule has 284 valence electrons. The number of benzene rings is 2. The van der Waals surface area contributed by atoms with Gasteiger partial charge in [-0.3, -0.25) is 9.69 Å². The number of hydrogen-bond acceptors (Lipinski definition) is 7. The van der Waals surface area contributed by atoms with Gasteiger partial charge < -0.3 is 35.8 Å². The number of piperidine rings is 2. The highest BCUT2D eigenvalue weighted by atomic mass is 19.4. The van der Waals surface area contributed by atoms with Crippen molar-refractivity contribution in [1.82, 2.24) is 24.9 Å². The van der Waals surface area contributed by atoms with Gasteiger partial charge >= 0.3 is 24.5 Å². The normalized spacial score (nSPS) is 20.6.